The van der Waals surface area contributed by atoms with E-state index in [-0.39, 0.29) is 16.7 Å². The summed E-state index contributed by atoms with van der Waals surface area (Å²) in [7, 11) is -2.10. The van der Waals surface area contributed by atoms with E-state index in [1.807, 2.05) is 12.2 Å². The number of hydrogen-bond donors (Lipinski definition) is 3. The minimum atomic E-state index is -3.80. The summed E-state index contributed by atoms with van der Waals surface area (Å²) < 4.78 is 22.7. The molecule has 1 aromatic rings. The van der Waals surface area contributed by atoms with Crippen molar-refractivity contribution in [1.82, 2.24) is 0 Å². The largest absolute Gasteiger partial charge is 0.386 e. The highest BCUT2D eigenvalue weighted by atomic mass is 32.2. The van der Waals surface area contributed by atoms with Gasteiger partial charge >= 0.3 is 0 Å². The van der Waals surface area contributed by atoms with Crippen molar-refractivity contribution in [3.8, 4) is 0 Å². The molecule has 1 aliphatic rings. The van der Waals surface area contributed by atoms with Gasteiger partial charge in [0, 0.05) is 13.0 Å². The van der Waals surface area contributed by atoms with Crippen molar-refractivity contribution in [2.24, 2.45) is 11.1 Å². The van der Waals surface area contributed by atoms with Crippen LogP contribution in [-0.4, -0.2) is 21.4 Å². The van der Waals surface area contributed by atoms with E-state index in [0.29, 0.717) is 24.2 Å². The molecule has 7 heteroatoms. The minimum absolute atomic E-state index is 0.0312. The van der Waals surface area contributed by atoms with Crippen molar-refractivity contribution in [1.29, 1.82) is 0 Å². The van der Waals surface area contributed by atoms with Crippen LogP contribution in [0.4, 0.5) is 11.4 Å². The van der Waals surface area contributed by atoms with Gasteiger partial charge in [-0.3, -0.25) is 4.79 Å². The summed E-state index contributed by atoms with van der Waals surface area (Å²) in [4.78, 5) is 12.1. The van der Waals surface area contributed by atoms with Crippen LogP contribution in [0.1, 0.15) is 12.8 Å². The molecule has 0 heterocycles. The van der Waals surface area contributed by atoms with Crippen LogP contribution in [0, 0.1) is 5.92 Å². The third-order valence-electron chi connectivity index (χ3n) is 3.23. The first-order valence-corrected chi connectivity index (χ1v) is 7.77. The summed E-state index contributed by atoms with van der Waals surface area (Å²) in [5, 5.41) is 10.8. The Morgan fingerprint density at radius 3 is 2.45 bits per heavy atom. The molecule has 0 bridgehead atoms. The molecule has 2 rings (SSSR count). The van der Waals surface area contributed by atoms with Crippen LogP contribution in [0.25, 0.3) is 0 Å². The quantitative estimate of drug-likeness (QED) is 0.728. The Bertz CT molecular complexity index is 645. The van der Waals surface area contributed by atoms with Gasteiger partial charge in [-0.1, -0.05) is 12.2 Å². The van der Waals surface area contributed by atoms with Crippen LogP contribution in [0.5, 0.6) is 0 Å². The van der Waals surface area contributed by atoms with Gasteiger partial charge in [-0.2, -0.15) is 0 Å². The number of hydrogen-bond acceptors (Lipinski definition) is 4. The van der Waals surface area contributed by atoms with E-state index in [1.165, 1.54) is 12.1 Å². The third kappa shape index (κ3) is 3.17. The highest BCUT2D eigenvalue weighted by Crippen LogP contribution is 2.27. The lowest BCUT2D eigenvalue weighted by molar-refractivity contribution is -0.119. The lowest BCUT2D eigenvalue weighted by Gasteiger charge is -2.15. The molecule has 0 unspecified atom stereocenters. The summed E-state index contributed by atoms with van der Waals surface area (Å²) in [5.74, 6) is -0.226. The molecule has 108 valence electrons. The molecule has 0 atom stereocenters. The fraction of sp³-hybridized carbons (Fsp3) is 0.308. The molecule has 1 aromatic carbocycles. The second-order valence-electron chi connectivity index (χ2n) is 4.63. The van der Waals surface area contributed by atoms with Crippen molar-refractivity contribution in [3.63, 3.8) is 0 Å². The molecule has 0 aliphatic heterocycles. The predicted octanol–water partition coefficient (Wildman–Crippen LogP) is 1.28. The Morgan fingerprint density at radius 2 is 1.90 bits per heavy atom. The average molecular weight is 295 g/mol. The number of carbonyl (C=O) groups excluding carboxylic acids is 1. The fourth-order valence-electron chi connectivity index (χ4n) is 2.09. The molecule has 0 fully saturated rings. The van der Waals surface area contributed by atoms with Crippen molar-refractivity contribution in [2.75, 3.05) is 17.7 Å². The second-order valence-corrected chi connectivity index (χ2v) is 6.19. The van der Waals surface area contributed by atoms with E-state index in [4.69, 9.17) is 5.14 Å². The number of benzene rings is 1. The van der Waals surface area contributed by atoms with Crippen LogP contribution in [0.3, 0.4) is 0 Å². The smallest absolute Gasteiger partial charge is 0.238 e. The Morgan fingerprint density at radius 1 is 1.25 bits per heavy atom. The molecule has 0 saturated carbocycles. The van der Waals surface area contributed by atoms with E-state index in [0.717, 1.165) is 0 Å². The van der Waals surface area contributed by atoms with Gasteiger partial charge < -0.3 is 10.6 Å². The van der Waals surface area contributed by atoms with Gasteiger partial charge in [0.05, 0.1) is 16.3 Å². The molecule has 0 aromatic heterocycles. The minimum Gasteiger partial charge on any atom is -0.386 e. The molecule has 6 nitrogen and oxygen atoms in total. The number of nitrogens with one attached hydrogen (secondary N) is 2. The van der Waals surface area contributed by atoms with E-state index < -0.39 is 10.0 Å². The van der Waals surface area contributed by atoms with E-state index in [2.05, 4.69) is 10.6 Å². The van der Waals surface area contributed by atoms with E-state index >= 15 is 0 Å². The molecule has 0 saturated heterocycles. The standard InChI is InChI=1S/C13H17N3O3S/c1-15-11-7-6-10(20(14,18)19)8-12(11)16-13(17)9-4-2-3-5-9/h2-3,6-9,15H,4-5H2,1H3,(H,16,17)(H2,14,18,19). The van der Waals surface area contributed by atoms with Crippen molar-refractivity contribution in [3.05, 3.63) is 30.4 Å². The van der Waals surface area contributed by atoms with Gasteiger partial charge in [-0.25, -0.2) is 13.6 Å². The van der Waals surface area contributed by atoms with Crippen LogP contribution in [0.15, 0.2) is 35.2 Å². The fourth-order valence-corrected chi connectivity index (χ4v) is 2.63. The van der Waals surface area contributed by atoms with Crippen LogP contribution < -0.4 is 15.8 Å². The summed E-state index contributed by atoms with van der Waals surface area (Å²) in [6.45, 7) is 0. The SMILES string of the molecule is CNc1ccc(S(N)(=O)=O)cc1NC(=O)C1CC=CC1. The summed E-state index contributed by atoms with van der Waals surface area (Å²) in [5.41, 5.74) is 1.05. The van der Waals surface area contributed by atoms with Crippen LogP contribution in [0.2, 0.25) is 0 Å². The zero-order chi connectivity index (χ0) is 14.8. The van der Waals surface area contributed by atoms with Crippen molar-refractivity contribution < 1.29 is 13.2 Å². The van der Waals surface area contributed by atoms with Crippen LogP contribution in [-0.2, 0) is 14.8 Å². The highest BCUT2D eigenvalue weighted by molar-refractivity contribution is 7.89. The number of carbonyl (C=O) groups is 1. The van der Waals surface area contributed by atoms with Gasteiger partial charge in [0.25, 0.3) is 0 Å². The molecule has 20 heavy (non-hydrogen) atoms. The zero-order valence-corrected chi connectivity index (χ0v) is 11.9. The molecule has 1 amide bonds. The molecule has 4 N–H and O–H groups in total. The van der Waals surface area contributed by atoms with Gasteiger partial charge in [-0.15, -0.1) is 0 Å². The lowest BCUT2D eigenvalue weighted by Crippen LogP contribution is -2.21. The number of amides is 1. The number of allylic oxidation sites excluding steroid dienone is 2. The maximum atomic E-state index is 12.1. The molecular weight excluding hydrogens is 278 g/mol. The number of nitrogens with two attached hydrogens (primary N) is 1. The third-order valence-corrected chi connectivity index (χ3v) is 4.14. The maximum absolute atomic E-state index is 12.1. The first-order valence-electron chi connectivity index (χ1n) is 6.22. The van der Waals surface area contributed by atoms with Crippen molar-refractivity contribution in [2.45, 2.75) is 17.7 Å². The van der Waals surface area contributed by atoms with E-state index in [9.17, 15) is 13.2 Å². The Balaban J connectivity index is 2.26. The van der Waals surface area contributed by atoms with E-state index in [1.54, 1.807) is 13.1 Å². The van der Waals surface area contributed by atoms with Gasteiger partial charge in [0.2, 0.25) is 15.9 Å². The average Bonchev–Trinajstić information content (AvgIpc) is 2.91. The highest BCUT2D eigenvalue weighted by Gasteiger charge is 2.20. The number of sulfonamides is 1. The monoisotopic (exact) mass is 295 g/mol. The molecule has 0 radical (unpaired) electrons. The normalized spacial score (nSPS) is 15.3. The number of rotatable bonds is 4. The first-order chi connectivity index (χ1) is 9.41. The van der Waals surface area contributed by atoms with Gasteiger partial charge in [0.1, 0.15) is 0 Å². The topological polar surface area (TPSA) is 101 Å². The van der Waals surface area contributed by atoms with Gasteiger partial charge in [0.15, 0.2) is 0 Å². The lowest BCUT2D eigenvalue weighted by atomic mass is 10.1. The Labute approximate surface area is 118 Å². The van der Waals surface area contributed by atoms with Crippen LogP contribution >= 0.6 is 0 Å². The summed E-state index contributed by atoms with van der Waals surface area (Å²) in [6.07, 6.45) is 5.33. The first kappa shape index (κ1) is 14.5. The second kappa shape index (κ2) is 5.64. The molecular formula is C13H17N3O3S. The Kier molecular flexibility index (Phi) is 4.10. The molecule has 0 spiro atoms. The van der Waals surface area contributed by atoms with Crippen molar-refractivity contribution >= 4 is 27.3 Å². The Hall–Kier alpha value is -1.86. The molecule has 1 aliphatic carbocycles. The number of anilines is 2. The zero-order valence-electron chi connectivity index (χ0n) is 11.1. The van der Waals surface area contributed by atoms with Gasteiger partial charge in [-0.05, 0) is 31.0 Å². The summed E-state index contributed by atoms with van der Waals surface area (Å²) in [6, 6.07) is 4.33. The predicted molar refractivity (Wildman–Crippen MR) is 77.9 cm³/mol. The summed E-state index contributed by atoms with van der Waals surface area (Å²) >= 11 is 0. The number of primary sulfonamides is 1. The maximum Gasteiger partial charge on any atom is 0.238 e.